The summed E-state index contributed by atoms with van der Waals surface area (Å²) in [5.41, 5.74) is 0.668. The molecule has 1 N–H and O–H groups in total. The number of likely N-dealkylation sites (N-methyl/N-ethyl adjacent to an activating group) is 1. The molecule has 19 heavy (non-hydrogen) atoms. The summed E-state index contributed by atoms with van der Waals surface area (Å²) in [5, 5.41) is 2.96. The molecule has 1 aromatic carbocycles. The molecule has 0 aliphatic rings. The summed E-state index contributed by atoms with van der Waals surface area (Å²) >= 11 is 6.78. The molecule has 106 valence electrons. The van der Waals surface area contributed by atoms with E-state index in [0.717, 1.165) is 35.0 Å². The van der Waals surface area contributed by atoms with Crippen LogP contribution in [0.2, 0.25) is 0 Å². The van der Waals surface area contributed by atoms with Gasteiger partial charge in [0.25, 0.3) is 5.91 Å². The second-order valence-electron chi connectivity index (χ2n) is 4.31. The molecule has 0 aliphatic heterocycles. The van der Waals surface area contributed by atoms with Crippen molar-refractivity contribution in [3.8, 4) is 0 Å². The van der Waals surface area contributed by atoms with Crippen LogP contribution in [0.1, 0.15) is 30.6 Å². The Bertz CT molecular complexity index is 424. The summed E-state index contributed by atoms with van der Waals surface area (Å²) in [6.07, 6.45) is 1.14. The van der Waals surface area contributed by atoms with Gasteiger partial charge in [-0.3, -0.25) is 4.79 Å². The first-order valence-electron chi connectivity index (χ1n) is 6.54. The Labute approximate surface area is 132 Å². The van der Waals surface area contributed by atoms with Crippen molar-refractivity contribution in [2.24, 2.45) is 0 Å². The maximum Gasteiger partial charge on any atom is 0.252 e. The monoisotopic (exact) mass is 390 g/mol. The molecule has 0 aromatic heterocycles. The van der Waals surface area contributed by atoms with Gasteiger partial charge in [0.15, 0.2) is 0 Å². The van der Waals surface area contributed by atoms with Gasteiger partial charge >= 0.3 is 0 Å². The van der Waals surface area contributed by atoms with Crippen molar-refractivity contribution >= 4 is 37.8 Å². The second-order valence-corrected chi connectivity index (χ2v) is 6.08. The molecule has 0 spiro atoms. The van der Waals surface area contributed by atoms with Crippen LogP contribution in [0.5, 0.6) is 0 Å². The number of carbonyl (C=O) groups is 1. The summed E-state index contributed by atoms with van der Waals surface area (Å²) in [7, 11) is 0. The predicted molar refractivity (Wildman–Crippen MR) is 86.6 cm³/mol. The first kappa shape index (κ1) is 16.7. The standard InChI is InChI=1S/C14H20Br2N2O/c1-3-8-18(4-2)9-7-17-14(19)12-6-5-11(15)10-13(12)16/h5-6,10H,3-4,7-9H2,1-2H3,(H,17,19). The molecule has 1 amide bonds. The Morgan fingerprint density at radius 3 is 2.58 bits per heavy atom. The third-order valence-corrected chi connectivity index (χ3v) is 4.03. The van der Waals surface area contributed by atoms with Gasteiger partial charge in [-0.1, -0.05) is 29.8 Å². The van der Waals surface area contributed by atoms with Crippen LogP contribution in [-0.4, -0.2) is 37.0 Å². The SMILES string of the molecule is CCCN(CC)CCNC(=O)c1ccc(Br)cc1Br. The summed E-state index contributed by atoms with van der Waals surface area (Å²) in [5.74, 6) is -0.0353. The molecule has 0 fully saturated rings. The zero-order valence-corrected chi connectivity index (χ0v) is 14.6. The van der Waals surface area contributed by atoms with E-state index >= 15 is 0 Å². The smallest absolute Gasteiger partial charge is 0.252 e. The molecular weight excluding hydrogens is 372 g/mol. The van der Waals surface area contributed by atoms with Gasteiger partial charge in [-0.05, 0) is 53.6 Å². The Kier molecular flexibility index (Phi) is 7.64. The molecule has 0 heterocycles. The van der Waals surface area contributed by atoms with Crippen molar-refractivity contribution < 1.29 is 4.79 Å². The molecule has 1 rings (SSSR count). The van der Waals surface area contributed by atoms with Gasteiger partial charge in [-0.15, -0.1) is 0 Å². The molecule has 3 nitrogen and oxygen atoms in total. The zero-order valence-electron chi connectivity index (χ0n) is 11.4. The first-order chi connectivity index (χ1) is 9.08. The highest BCUT2D eigenvalue weighted by atomic mass is 79.9. The molecule has 0 bridgehead atoms. The van der Waals surface area contributed by atoms with E-state index in [9.17, 15) is 4.79 Å². The second kappa shape index (κ2) is 8.72. The number of benzene rings is 1. The maximum atomic E-state index is 12.0. The van der Waals surface area contributed by atoms with Crippen molar-refractivity contribution in [3.05, 3.63) is 32.7 Å². The molecular formula is C14H20Br2N2O. The van der Waals surface area contributed by atoms with E-state index in [2.05, 4.69) is 55.9 Å². The van der Waals surface area contributed by atoms with Gasteiger partial charge in [-0.25, -0.2) is 0 Å². The molecule has 0 unspecified atom stereocenters. The maximum absolute atomic E-state index is 12.0. The lowest BCUT2D eigenvalue weighted by molar-refractivity contribution is 0.0948. The van der Waals surface area contributed by atoms with Gasteiger partial charge in [0.2, 0.25) is 0 Å². The van der Waals surface area contributed by atoms with Crippen LogP contribution in [0.3, 0.4) is 0 Å². The van der Waals surface area contributed by atoms with Gasteiger partial charge < -0.3 is 10.2 Å². The van der Waals surface area contributed by atoms with Crippen molar-refractivity contribution in [1.29, 1.82) is 0 Å². The van der Waals surface area contributed by atoms with Crippen molar-refractivity contribution in [2.45, 2.75) is 20.3 Å². The normalized spacial score (nSPS) is 10.8. The molecule has 5 heteroatoms. The summed E-state index contributed by atoms with van der Waals surface area (Å²) < 4.78 is 1.76. The quantitative estimate of drug-likeness (QED) is 0.768. The fourth-order valence-corrected chi connectivity index (χ4v) is 3.07. The lowest BCUT2D eigenvalue weighted by atomic mass is 10.2. The van der Waals surface area contributed by atoms with E-state index in [0.29, 0.717) is 12.1 Å². The lowest BCUT2D eigenvalue weighted by Crippen LogP contribution is -2.35. The van der Waals surface area contributed by atoms with Crippen LogP contribution in [0.25, 0.3) is 0 Å². The highest BCUT2D eigenvalue weighted by Gasteiger charge is 2.10. The highest BCUT2D eigenvalue weighted by Crippen LogP contribution is 2.21. The molecule has 0 saturated heterocycles. The van der Waals surface area contributed by atoms with E-state index in [1.165, 1.54) is 0 Å². The van der Waals surface area contributed by atoms with Gasteiger partial charge in [0, 0.05) is 22.0 Å². The van der Waals surface area contributed by atoms with E-state index in [-0.39, 0.29) is 5.91 Å². The van der Waals surface area contributed by atoms with Crippen molar-refractivity contribution in [1.82, 2.24) is 10.2 Å². The summed E-state index contributed by atoms with van der Waals surface area (Å²) in [6.45, 7) is 7.97. The minimum absolute atomic E-state index is 0.0353. The Morgan fingerprint density at radius 2 is 2.00 bits per heavy atom. The van der Waals surface area contributed by atoms with Gasteiger partial charge in [0.05, 0.1) is 5.56 Å². The average Bonchev–Trinajstić information content (AvgIpc) is 2.37. The fourth-order valence-electron chi connectivity index (χ4n) is 1.84. The van der Waals surface area contributed by atoms with Crippen LogP contribution in [-0.2, 0) is 0 Å². The number of amides is 1. The van der Waals surface area contributed by atoms with Crippen LogP contribution < -0.4 is 5.32 Å². The number of rotatable bonds is 7. The number of nitrogens with zero attached hydrogens (tertiary/aromatic N) is 1. The molecule has 0 aliphatic carbocycles. The van der Waals surface area contributed by atoms with Gasteiger partial charge in [0.1, 0.15) is 0 Å². The van der Waals surface area contributed by atoms with Crippen LogP contribution >= 0.6 is 31.9 Å². The molecule has 0 atom stereocenters. The zero-order chi connectivity index (χ0) is 14.3. The third kappa shape index (κ3) is 5.63. The van der Waals surface area contributed by atoms with E-state index in [4.69, 9.17) is 0 Å². The topological polar surface area (TPSA) is 32.3 Å². The number of nitrogens with one attached hydrogen (secondary N) is 1. The Hall–Kier alpha value is -0.390. The molecule has 0 saturated carbocycles. The number of hydrogen-bond acceptors (Lipinski definition) is 2. The Balaban J connectivity index is 2.47. The molecule has 0 radical (unpaired) electrons. The summed E-state index contributed by atoms with van der Waals surface area (Å²) in [4.78, 5) is 14.4. The fraction of sp³-hybridized carbons (Fsp3) is 0.500. The lowest BCUT2D eigenvalue weighted by Gasteiger charge is -2.19. The van der Waals surface area contributed by atoms with Crippen LogP contribution in [0.15, 0.2) is 27.1 Å². The average molecular weight is 392 g/mol. The molecule has 1 aromatic rings. The largest absolute Gasteiger partial charge is 0.351 e. The number of halogens is 2. The number of carbonyl (C=O) groups excluding carboxylic acids is 1. The van der Waals surface area contributed by atoms with E-state index < -0.39 is 0 Å². The highest BCUT2D eigenvalue weighted by molar-refractivity contribution is 9.11. The number of hydrogen-bond donors (Lipinski definition) is 1. The van der Waals surface area contributed by atoms with Crippen LogP contribution in [0.4, 0.5) is 0 Å². The Morgan fingerprint density at radius 1 is 1.26 bits per heavy atom. The predicted octanol–water partition coefficient (Wildman–Crippen LogP) is 3.67. The summed E-state index contributed by atoms with van der Waals surface area (Å²) in [6, 6.07) is 5.56. The van der Waals surface area contributed by atoms with Crippen molar-refractivity contribution in [3.63, 3.8) is 0 Å². The van der Waals surface area contributed by atoms with Gasteiger partial charge in [-0.2, -0.15) is 0 Å². The van der Waals surface area contributed by atoms with Crippen LogP contribution in [0, 0.1) is 0 Å². The minimum atomic E-state index is -0.0353. The van der Waals surface area contributed by atoms with Crippen molar-refractivity contribution in [2.75, 3.05) is 26.2 Å². The van der Waals surface area contributed by atoms with E-state index in [1.54, 1.807) is 0 Å². The first-order valence-corrected chi connectivity index (χ1v) is 8.12. The minimum Gasteiger partial charge on any atom is -0.351 e. The van der Waals surface area contributed by atoms with E-state index in [1.807, 2.05) is 18.2 Å². The third-order valence-electron chi connectivity index (χ3n) is 2.88.